The highest BCUT2D eigenvalue weighted by atomic mass is 16.1. The van der Waals surface area contributed by atoms with Gasteiger partial charge in [0.25, 0.3) is 0 Å². The Balaban J connectivity index is 3.11. The van der Waals surface area contributed by atoms with Gasteiger partial charge in [-0.2, -0.15) is 4.99 Å². The van der Waals surface area contributed by atoms with Crippen molar-refractivity contribution in [3.8, 4) is 0 Å². The molecule has 1 rings (SSSR count). The molecule has 0 heterocycles. The van der Waals surface area contributed by atoms with E-state index in [0.29, 0.717) is 5.92 Å². The lowest BCUT2D eigenvalue weighted by Gasteiger charge is -2.10. The fourth-order valence-corrected chi connectivity index (χ4v) is 1.28. The molecular weight excluding hydrogens is 162 g/mol. The minimum atomic E-state index is 0.438. The van der Waals surface area contributed by atoms with E-state index in [4.69, 9.17) is 0 Å². The van der Waals surface area contributed by atoms with Gasteiger partial charge < -0.3 is 0 Å². The van der Waals surface area contributed by atoms with Crippen LogP contribution in [0, 0.1) is 0 Å². The zero-order valence-corrected chi connectivity index (χ0v) is 7.95. The van der Waals surface area contributed by atoms with Gasteiger partial charge in [-0.1, -0.05) is 32.0 Å². The van der Waals surface area contributed by atoms with Gasteiger partial charge in [0, 0.05) is 0 Å². The van der Waals surface area contributed by atoms with Crippen LogP contribution in [-0.2, 0) is 4.79 Å². The zero-order chi connectivity index (χ0) is 9.68. The molecular formula is C11H13NO. The summed E-state index contributed by atoms with van der Waals surface area (Å²) >= 11 is 0. The van der Waals surface area contributed by atoms with Crippen molar-refractivity contribution in [3.05, 3.63) is 29.8 Å². The Bertz CT molecular complexity index is 327. The predicted octanol–water partition coefficient (Wildman–Crippen LogP) is 3.17. The van der Waals surface area contributed by atoms with Crippen molar-refractivity contribution in [3.63, 3.8) is 0 Å². The highest BCUT2D eigenvalue weighted by Crippen LogP contribution is 2.27. The van der Waals surface area contributed by atoms with Crippen molar-refractivity contribution in [2.45, 2.75) is 26.2 Å². The van der Waals surface area contributed by atoms with Crippen molar-refractivity contribution in [2.24, 2.45) is 4.99 Å². The normalized spacial score (nSPS) is 11.8. The molecule has 0 bridgehead atoms. The summed E-state index contributed by atoms with van der Waals surface area (Å²) in [7, 11) is 0. The monoisotopic (exact) mass is 175 g/mol. The van der Waals surface area contributed by atoms with Crippen LogP contribution in [0.4, 0.5) is 5.69 Å². The van der Waals surface area contributed by atoms with Gasteiger partial charge in [-0.25, -0.2) is 4.79 Å². The van der Waals surface area contributed by atoms with Crippen molar-refractivity contribution < 1.29 is 4.79 Å². The van der Waals surface area contributed by atoms with Crippen LogP contribution in [0.25, 0.3) is 0 Å². The second-order valence-electron chi connectivity index (χ2n) is 3.07. The summed E-state index contributed by atoms with van der Waals surface area (Å²) in [5.74, 6) is 0.438. The number of isocyanates is 1. The van der Waals surface area contributed by atoms with E-state index in [1.54, 1.807) is 6.08 Å². The fraction of sp³-hybridized carbons (Fsp3) is 0.364. The first-order valence-corrected chi connectivity index (χ1v) is 4.46. The number of hydrogen-bond donors (Lipinski definition) is 0. The van der Waals surface area contributed by atoms with Crippen LogP contribution in [0.2, 0.25) is 0 Å². The molecule has 0 radical (unpaired) electrons. The third kappa shape index (κ3) is 2.27. The molecule has 0 amide bonds. The van der Waals surface area contributed by atoms with E-state index < -0.39 is 0 Å². The molecule has 1 unspecified atom stereocenters. The number of aliphatic imine (C=N–C) groups is 1. The van der Waals surface area contributed by atoms with Crippen LogP contribution in [0.15, 0.2) is 29.3 Å². The fourth-order valence-electron chi connectivity index (χ4n) is 1.28. The number of rotatable bonds is 3. The van der Waals surface area contributed by atoms with E-state index in [9.17, 15) is 4.79 Å². The number of nitrogens with zero attached hydrogens (tertiary/aromatic N) is 1. The molecule has 0 saturated heterocycles. The molecule has 68 valence electrons. The van der Waals surface area contributed by atoms with Crippen molar-refractivity contribution >= 4 is 11.8 Å². The zero-order valence-electron chi connectivity index (χ0n) is 7.95. The molecule has 0 aromatic heterocycles. The molecule has 1 aromatic carbocycles. The molecule has 0 aliphatic rings. The topological polar surface area (TPSA) is 29.4 Å². The first kappa shape index (κ1) is 9.69. The van der Waals surface area contributed by atoms with E-state index in [0.717, 1.165) is 17.7 Å². The SMILES string of the molecule is CCC(C)c1ccccc1N=C=O. The molecule has 1 aromatic rings. The Kier molecular flexibility index (Phi) is 3.41. The van der Waals surface area contributed by atoms with Gasteiger partial charge in [0.15, 0.2) is 0 Å². The van der Waals surface area contributed by atoms with Crippen LogP contribution < -0.4 is 0 Å². The molecule has 0 fully saturated rings. The minimum absolute atomic E-state index is 0.438. The molecule has 0 N–H and O–H groups in total. The Morgan fingerprint density at radius 3 is 2.77 bits per heavy atom. The molecule has 2 heteroatoms. The van der Waals surface area contributed by atoms with Gasteiger partial charge in [0.05, 0.1) is 5.69 Å². The molecule has 0 saturated carbocycles. The molecule has 0 spiro atoms. The lowest BCUT2D eigenvalue weighted by Crippen LogP contribution is -1.90. The lowest BCUT2D eigenvalue weighted by atomic mass is 9.97. The number of hydrogen-bond acceptors (Lipinski definition) is 2. The summed E-state index contributed by atoms with van der Waals surface area (Å²) in [6.07, 6.45) is 2.63. The van der Waals surface area contributed by atoms with Crippen molar-refractivity contribution in [2.75, 3.05) is 0 Å². The third-order valence-electron chi connectivity index (χ3n) is 2.25. The summed E-state index contributed by atoms with van der Waals surface area (Å²) in [6, 6.07) is 7.68. The average Bonchev–Trinajstić information content (AvgIpc) is 2.18. The Labute approximate surface area is 78.3 Å². The summed E-state index contributed by atoms with van der Waals surface area (Å²) < 4.78 is 0. The quantitative estimate of drug-likeness (QED) is 0.512. The Morgan fingerprint density at radius 2 is 2.15 bits per heavy atom. The summed E-state index contributed by atoms with van der Waals surface area (Å²) in [4.78, 5) is 13.8. The standard InChI is InChI=1S/C11H13NO/c1-3-9(2)10-6-4-5-7-11(10)12-8-13/h4-7,9H,3H2,1-2H3. The van der Waals surface area contributed by atoms with Gasteiger partial charge in [-0.3, -0.25) is 0 Å². The molecule has 13 heavy (non-hydrogen) atoms. The minimum Gasteiger partial charge on any atom is -0.211 e. The maximum atomic E-state index is 10.1. The number of benzene rings is 1. The van der Waals surface area contributed by atoms with Gasteiger partial charge in [0.1, 0.15) is 0 Å². The predicted molar refractivity (Wildman–Crippen MR) is 52.9 cm³/mol. The highest BCUT2D eigenvalue weighted by molar-refractivity contribution is 5.54. The van der Waals surface area contributed by atoms with Crippen LogP contribution in [0.5, 0.6) is 0 Å². The second kappa shape index (κ2) is 4.58. The first-order valence-electron chi connectivity index (χ1n) is 4.46. The highest BCUT2D eigenvalue weighted by Gasteiger charge is 2.06. The summed E-state index contributed by atoms with van der Waals surface area (Å²) in [5, 5.41) is 0. The summed E-state index contributed by atoms with van der Waals surface area (Å²) in [6.45, 7) is 4.24. The van der Waals surface area contributed by atoms with Crippen LogP contribution in [0.1, 0.15) is 31.7 Å². The van der Waals surface area contributed by atoms with Gasteiger partial charge in [0.2, 0.25) is 6.08 Å². The summed E-state index contributed by atoms with van der Waals surface area (Å²) in [5.41, 5.74) is 1.86. The number of para-hydroxylation sites is 1. The van der Waals surface area contributed by atoms with Crippen molar-refractivity contribution in [1.29, 1.82) is 0 Å². The van der Waals surface area contributed by atoms with E-state index in [-0.39, 0.29) is 0 Å². The van der Waals surface area contributed by atoms with Gasteiger partial charge >= 0.3 is 0 Å². The van der Waals surface area contributed by atoms with Crippen molar-refractivity contribution in [1.82, 2.24) is 0 Å². The maximum absolute atomic E-state index is 10.1. The Hall–Kier alpha value is -1.40. The Morgan fingerprint density at radius 1 is 1.46 bits per heavy atom. The smallest absolute Gasteiger partial charge is 0.211 e. The second-order valence-corrected chi connectivity index (χ2v) is 3.07. The molecule has 0 aliphatic carbocycles. The average molecular weight is 175 g/mol. The van der Waals surface area contributed by atoms with E-state index >= 15 is 0 Å². The van der Waals surface area contributed by atoms with Crippen LogP contribution in [0.3, 0.4) is 0 Å². The molecule has 1 atom stereocenters. The van der Waals surface area contributed by atoms with Crippen LogP contribution in [-0.4, -0.2) is 6.08 Å². The third-order valence-corrected chi connectivity index (χ3v) is 2.25. The number of carbonyl (C=O) groups excluding carboxylic acids is 1. The van der Waals surface area contributed by atoms with E-state index in [1.165, 1.54) is 0 Å². The van der Waals surface area contributed by atoms with Crippen LogP contribution >= 0.6 is 0 Å². The first-order chi connectivity index (χ1) is 6.29. The maximum Gasteiger partial charge on any atom is 0.240 e. The largest absolute Gasteiger partial charge is 0.240 e. The van der Waals surface area contributed by atoms with Gasteiger partial charge in [-0.05, 0) is 24.0 Å². The van der Waals surface area contributed by atoms with E-state index in [1.807, 2.05) is 24.3 Å². The lowest BCUT2D eigenvalue weighted by molar-refractivity contribution is 0.565. The molecule has 0 aliphatic heterocycles. The van der Waals surface area contributed by atoms with Gasteiger partial charge in [-0.15, -0.1) is 0 Å². The molecule has 2 nitrogen and oxygen atoms in total. The van der Waals surface area contributed by atoms with E-state index in [2.05, 4.69) is 18.8 Å².